The second kappa shape index (κ2) is 8.68. The molecule has 0 aliphatic heterocycles. The molecule has 0 bridgehead atoms. The molecule has 0 fully saturated rings. The highest BCUT2D eigenvalue weighted by atomic mass is 32.2. The number of nitrogens with zero attached hydrogens (tertiary/aromatic N) is 1. The first kappa shape index (κ1) is 15.7. The number of hydrogen-bond acceptors (Lipinski definition) is 4. The molecule has 0 saturated carbocycles. The van der Waals surface area contributed by atoms with E-state index in [1.807, 2.05) is 0 Å². The molecule has 0 spiro atoms. The largest absolute Gasteiger partial charge is 0.383 e. The number of rotatable bonds is 6. The van der Waals surface area contributed by atoms with Crippen LogP contribution in [-0.2, 0) is 4.74 Å². The molecule has 1 rings (SSSR count). The second-order valence-electron chi connectivity index (χ2n) is 3.37. The van der Waals surface area contributed by atoms with E-state index in [9.17, 15) is 8.78 Å². The zero-order valence-electron chi connectivity index (χ0n) is 10.4. The number of benzene rings is 1. The summed E-state index contributed by atoms with van der Waals surface area (Å²) in [5, 5.41) is 2.87. The summed E-state index contributed by atoms with van der Waals surface area (Å²) in [5.41, 5.74) is 2.89. The summed E-state index contributed by atoms with van der Waals surface area (Å²) in [6.45, 7) is 0.855. The van der Waals surface area contributed by atoms with Gasteiger partial charge in [-0.25, -0.2) is 10.8 Å². The van der Waals surface area contributed by atoms with Crippen LogP contribution in [0.15, 0.2) is 34.2 Å². The molecule has 0 unspecified atom stereocenters. The van der Waals surface area contributed by atoms with Crippen LogP contribution >= 0.6 is 11.8 Å². The summed E-state index contributed by atoms with van der Waals surface area (Å²) in [6, 6.07) is 6.70. The molecule has 0 radical (unpaired) electrons. The number of thioether (sulfide) groups is 1. The lowest BCUT2D eigenvalue weighted by atomic mass is 10.3. The highest BCUT2D eigenvalue weighted by molar-refractivity contribution is 7.99. The molecule has 4 N–H and O–H groups in total. The minimum atomic E-state index is -2.48. The third-order valence-electron chi connectivity index (χ3n) is 2.06. The molecular formula is C11H16F2N4OS. The molecule has 0 aliphatic carbocycles. The van der Waals surface area contributed by atoms with E-state index in [-0.39, 0.29) is 0 Å². The van der Waals surface area contributed by atoms with Gasteiger partial charge in [0.2, 0.25) is 5.96 Å². The van der Waals surface area contributed by atoms with E-state index in [2.05, 4.69) is 15.7 Å². The SMILES string of the molecule is COCCN=C(NN)Nc1ccccc1SC(F)F. The van der Waals surface area contributed by atoms with Crippen LogP contribution in [0, 0.1) is 0 Å². The predicted molar refractivity (Wildman–Crippen MR) is 73.4 cm³/mol. The maximum absolute atomic E-state index is 12.4. The Hall–Kier alpha value is -1.38. The van der Waals surface area contributed by atoms with Crippen molar-refractivity contribution >= 4 is 23.4 Å². The Morgan fingerprint density at radius 1 is 1.47 bits per heavy atom. The van der Waals surface area contributed by atoms with Gasteiger partial charge in [0.1, 0.15) is 0 Å². The van der Waals surface area contributed by atoms with Gasteiger partial charge in [-0.15, -0.1) is 0 Å². The van der Waals surface area contributed by atoms with E-state index in [0.717, 1.165) is 0 Å². The molecule has 8 heteroatoms. The van der Waals surface area contributed by atoms with Gasteiger partial charge < -0.3 is 10.1 Å². The van der Waals surface area contributed by atoms with Crippen LogP contribution in [-0.4, -0.2) is 32.0 Å². The zero-order valence-corrected chi connectivity index (χ0v) is 11.2. The number of methoxy groups -OCH3 is 1. The number of guanidine groups is 1. The van der Waals surface area contributed by atoms with Crippen LogP contribution in [0.25, 0.3) is 0 Å². The smallest absolute Gasteiger partial charge is 0.288 e. The lowest BCUT2D eigenvalue weighted by Gasteiger charge is -2.12. The molecule has 5 nitrogen and oxygen atoms in total. The Morgan fingerprint density at radius 3 is 2.84 bits per heavy atom. The number of alkyl halides is 2. The number of aliphatic imine (C=N–C) groups is 1. The Morgan fingerprint density at radius 2 is 2.21 bits per heavy atom. The van der Waals surface area contributed by atoms with E-state index >= 15 is 0 Å². The molecule has 106 valence electrons. The zero-order chi connectivity index (χ0) is 14.1. The van der Waals surface area contributed by atoms with Gasteiger partial charge >= 0.3 is 0 Å². The highest BCUT2D eigenvalue weighted by Gasteiger charge is 2.10. The lowest BCUT2D eigenvalue weighted by Crippen LogP contribution is -2.36. The molecule has 19 heavy (non-hydrogen) atoms. The van der Waals surface area contributed by atoms with Crippen LogP contribution in [0.2, 0.25) is 0 Å². The summed E-state index contributed by atoms with van der Waals surface area (Å²) in [6.07, 6.45) is 0. The van der Waals surface area contributed by atoms with E-state index in [1.165, 1.54) is 0 Å². The van der Waals surface area contributed by atoms with Crippen LogP contribution in [0.5, 0.6) is 0 Å². The van der Waals surface area contributed by atoms with Crippen molar-refractivity contribution in [1.82, 2.24) is 5.43 Å². The van der Waals surface area contributed by atoms with Crippen LogP contribution in [0.1, 0.15) is 0 Å². The Balaban J connectivity index is 2.76. The van der Waals surface area contributed by atoms with Crippen molar-refractivity contribution in [2.45, 2.75) is 10.7 Å². The fourth-order valence-corrected chi connectivity index (χ4v) is 1.86. The number of nitrogens with one attached hydrogen (secondary N) is 2. The normalized spacial score (nSPS) is 11.7. The minimum absolute atomic E-state index is 0.291. The van der Waals surface area contributed by atoms with Gasteiger partial charge in [-0.05, 0) is 12.1 Å². The van der Waals surface area contributed by atoms with Crippen LogP contribution in [0.4, 0.5) is 14.5 Å². The quantitative estimate of drug-likeness (QED) is 0.186. The molecular weight excluding hydrogens is 274 g/mol. The van der Waals surface area contributed by atoms with Crippen LogP contribution < -0.4 is 16.6 Å². The molecule has 1 aromatic rings. The van der Waals surface area contributed by atoms with Crippen molar-refractivity contribution in [2.75, 3.05) is 25.6 Å². The summed E-state index contributed by atoms with van der Waals surface area (Å²) >= 11 is 0.462. The predicted octanol–water partition coefficient (Wildman–Crippen LogP) is 1.88. The van der Waals surface area contributed by atoms with Gasteiger partial charge in [-0.3, -0.25) is 5.43 Å². The number of para-hydroxylation sites is 1. The standard InChI is InChI=1S/C11H16F2N4OS/c1-18-7-6-15-11(17-14)16-8-4-2-3-5-9(8)19-10(12)13/h2-5,10H,6-7,14H2,1H3,(H2,15,16,17). The minimum Gasteiger partial charge on any atom is -0.383 e. The van der Waals surface area contributed by atoms with Gasteiger partial charge in [0.25, 0.3) is 5.76 Å². The fourth-order valence-electron chi connectivity index (χ4n) is 1.27. The summed E-state index contributed by atoms with van der Waals surface area (Å²) in [5.74, 6) is 3.12. The van der Waals surface area contributed by atoms with Gasteiger partial charge in [0.05, 0.1) is 18.8 Å². The average molecular weight is 290 g/mol. The van der Waals surface area contributed by atoms with Gasteiger partial charge in [0, 0.05) is 12.0 Å². The molecule has 0 amide bonds. The Kier molecular flexibility index (Phi) is 7.16. The maximum Gasteiger partial charge on any atom is 0.288 e. The molecule has 0 aliphatic rings. The van der Waals surface area contributed by atoms with Crippen molar-refractivity contribution in [1.29, 1.82) is 0 Å². The van der Waals surface area contributed by atoms with Crippen molar-refractivity contribution < 1.29 is 13.5 Å². The van der Waals surface area contributed by atoms with Crippen molar-refractivity contribution in [3.63, 3.8) is 0 Å². The number of ether oxygens (including phenoxy) is 1. The molecule has 0 atom stereocenters. The molecule has 0 heterocycles. The van der Waals surface area contributed by atoms with Crippen LogP contribution in [0.3, 0.4) is 0 Å². The second-order valence-corrected chi connectivity index (χ2v) is 4.40. The Labute approximate surface area is 114 Å². The first-order valence-electron chi connectivity index (χ1n) is 5.48. The van der Waals surface area contributed by atoms with E-state index < -0.39 is 5.76 Å². The third kappa shape index (κ3) is 5.86. The number of hydrogen-bond donors (Lipinski definition) is 3. The van der Waals surface area contributed by atoms with Crippen molar-refractivity contribution in [2.24, 2.45) is 10.8 Å². The molecule has 0 aromatic heterocycles. The molecule has 1 aromatic carbocycles. The number of hydrazine groups is 1. The maximum atomic E-state index is 12.4. The Bertz CT molecular complexity index is 417. The van der Waals surface area contributed by atoms with E-state index in [1.54, 1.807) is 31.4 Å². The number of nitrogens with two attached hydrogens (primary N) is 1. The third-order valence-corrected chi connectivity index (χ3v) is 2.85. The van der Waals surface area contributed by atoms with Gasteiger partial charge in [-0.1, -0.05) is 23.9 Å². The lowest BCUT2D eigenvalue weighted by molar-refractivity contribution is 0.208. The van der Waals surface area contributed by atoms with Crippen molar-refractivity contribution in [3.8, 4) is 0 Å². The molecule has 0 saturated heterocycles. The van der Waals surface area contributed by atoms with E-state index in [4.69, 9.17) is 10.6 Å². The fraction of sp³-hybridized carbons (Fsp3) is 0.364. The monoisotopic (exact) mass is 290 g/mol. The number of halogens is 2. The van der Waals surface area contributed by atoms with Gasteiger partial charge in [-0.2, -0.15) is 8.78 Å². The first-order valence-corrected chi connectivity index (χ1v) is 6.36. The van der Waals surface area contributed by atoms with Crippen molar-refractivity contribution in [3.05, 3.63) is 24.3 Å². The first-order chi connectivity index (χ1) is 9.17. The average Bonchev–Trinajstić information content (AvgIpc) is 2.39. The number of anilines is 1. The topological polar surface area (TPSA) is 71.7 Å². The van der Waals surface area contributed by atoms with Gasteiger partial charge in [0.15, 0.2) is 0 Å². The summed E-state index contributed by atoms with van der Waals surface area (Å²) < 4.78 is 29.7. The summed E-state index contributed by atoms with van der Waals surface area (Å²) in [7, 11) is 1.56. The highest BCUT2D eigenvalue weighted by Crippen LogP contribution is 2.31. The summed E-state index contributed by atoms with van der Waals surface area (Å²) in [4.78, 5) is 4.52. The van der Waals surface area contributed by atoms with E-state index in [0.29, 0.717) is 41.5 Å².